The molecule has 1 saturated heterocycles. The van der Waals surface area contributed by atoms with Crippen molar-refractivity contribution in [1.82, 2.24) is 9.47 Å². The number of nitrogens with zero attached hydrogens (tertiary/aromatic N) is 4. The topological polar surface area (TPSA) is 52.3 Å². The van der Waals surface area contributed by atoms with Crippen LogP contribution < -0.4 is 4.90 Å². The van der Waals surface area contributed by atoms with Crippen LogP contribution in [0.2, 0.25) is 0 Å². The van der Waals surface area contributed by atoms with Crippen molar-refractivity contribution < 1.29 is 4.79 Å². The number of carbonyl (C=O) groups excluding carboxylic acids is 1. The molecule has 1 aliphatic rings. The van der Waals surface area contributed by atoms with E-state index >= 15 is 0 Å². The second-order valence-electron chi connectivity index (χ2n) is 7.78. The highest BCUT2D eigenvalue weighted by molar-refractivity contribution is 6.02. The molecule has 0 spiro atoms. The molecule has 1 amide bonds. The highest BCUT2D eigenvalue weighted by Crippen LogP contribution is 2.23. The van der Waals surface area contributed by atoms with Crippen LogP contribution in [0.4, 0.5) is 5.69 Å². The van der Waals surface area contributed by atoms with E-state index in [9.17, 15) is 10.1 Å². The Labute approximate surface area is 183 Å². The maximum Gasteiger partial charge on any atom is 0.264 e. The molecule has 1 aromatic heterocycles. The van der Waals surface area contributed by atoms with Gasteiger partial charge in [-0.15, -0.1) is 0 Å². The van der Waals surface area contributed by atoms with Crippen molar-refractivity contribution in [3.8, 4) is 11.8 Å². The van der Waals surface area contributed by atoms with Gasteiger partial charge < -0.3 is 14.4 Å². The predicted octanol–water partition coefficient (Wildman–Crippen LogP) is 4.35. The summed E-state index contributed by atoms with van der Waals surface area (Å²) in [6.45, 7) is 6.79. The molecule has 156 valence electrons. The van der Waals surface area contributed by atoms with Crippen LogP contribution in [0.25, 0.3) is 11.8 Å². The first-order valence-corrected chi connectivity index (χ1v) is 10.5. The number of amides is 1. The van der Waals surface area contributed by atoms with Crippen molar-refractivity contribution >= 4 is 17.7 Å². The third kappa shape index (κ3) is 4.24. The molecule has 5 nitrogen and oxygen atoms in total. The summed E-state index contributed by atoms with van der Waals surface area (Å²) < 4.78 is 2.14. The van der Waals surface area contributed by atoms with E-state index in [0.29, 0.717) is 13.1 Å². The smallest absolute Gasteiger partial charge is 0.264 e. The lowest BCUT2D eigenvalue weighted by Crippen LogP contribution is -2.49. The van der Waals surface area contributed by atoms with Crippen molar-refractivity contribution in [1.29, 1.82) is 5.26 Å². The van der Waals surface area contributed by atoms with Gasteiger partial charge in [0.15, 0.2) is 0 Å². The van der Waals surface area contributed by atoms with E-state index in [4.69, 9.17) is 0 Å². The fourth-order valence-corrected chi connectivity index (χ4v) is 4.18. The first-order valence-electron chi connectivity index (χ1n) is 10.5. The van der Waals surface area contributed by atoms with Crippen LogP contribution in [0, 0.1) is 25.2 Å². The van der Waals surface area contributed by atoms with E-state index in [-0.39, 0.29) is 11.5 Å². The van der Waals surface area contributed by atoms with Crippen LogP contribution in [-0.4, -0.2) is 41.6 Å². The zero-order valence-corrected chi connectivity index (χ0v) is 18.0. The van der Waals surface area contributed by atoms with E-state index in [1.54, 1.807) is 11.0 Å². The fourth-order valence-electron chi connectivity index (χ4n) is 4.18. The van der Waals surface area contributed by atoms with Gasteiger partial charge in [0.2, 0.25) is 0 Å². The molecule has 0 saturated carbocycles. The Morgan fingerprint density at radius 2 is 1.48 bits per heavy atom. The molecule has 0 atom stereocenters. The number of anilines is 1. The molecule has 4 rings (SSSR count). The number of rotatable bonds is 4. The highest BCUT2D eigenvalue weighted by Gasteiger charge is 2.24. The number of nitriles is 1. The van der Waals surface area contributed by atoms with Crippen LogP contribution in [-0.2, 0) is 4.79 Å². The Kier molecular flexibility index (Phi) is 5.90. The van der Waals surface area contributed by atoms with Crippen LogP contribution in [0.1, 0.15) is 17.0 Å². The maximum absolute atomic E-state index is 13.1. The summed E-state index contributed by atoms with van der Waals surface area (Å²) in [6.07, 6.45) is 1.73. The number of para-hydroxylation sites is 2. The lowest BCUT2D eigenvalue weighted by Gasteiger charge is -2.36. The van der Waals surface area contributed by atoms with Gasteiger partial charge in [-0.3, -0.25) is 4.79 Å². The van der Waals surface area contributed by atoms with E-state index in [0.717, 1.165) is 35.7 Å². The summed E-state index contributed by atoms with van der Waals surface area (Å²) in [5.74, 6) is -0.195. The lowest BCUT2D eigenvalue weighted by atomic mass is 10.1. The van der Waals surface area contributed by atoms with Gasteiger partial charge in [-0.25, -0.2) is 0 Å². The van der Waals surface area contributed by atoms with Gasteiger partial charge in [-0.05, 0) is 55.8 Å². The van der Waals surface area contributed by atoms with Crippen LogP contribution in [0.5, 0.6) is 0 Å². The number of aryl methyl sites for hydroxylation is 1. The van der Waals surface area contributed by atoms with Gasteiger partial charge in [-0.1, -0.05) is 36.4 Å². The Morgan fingerprint density at radius 1 is 0.903 bits per heavy atom. The van der Waals surface area contributed by atoms with Crippen LogP contribution in [0.3, 0.4) is 0 Å². The van der Waals surface area contributed by atoms with Gasteiger partial charge in [0.25, 0.3) is 5.91 Å². The van der Waals surface area contributed by atoms with Gasteiger partial charge in [-0.2, -0.15) is 5.26 Å². The summed E-state index contributed by atoms with van der Waals surface area (Å²) >= 11 is 0. The average molecular weight is 411 g/mol. The molecule has 0 aliphatic carbocycles. The van der Waals surface area contributed by atoms with E-state index in [1.807, 2.05) is 56.3 Å². The molecule has 2 heterocycles. The molecule has 0 N–H and O–H groups in total. The zero-order chi connectivity index (χ0) is 21.8. The summed E-state index contributed by atoms with van der Waals surface area (Å²) in [5, 5.41) is 9.72. The molecule has 3 aromatic rings. The Morgan fingerprint density at radius 3 is 2.06 bits per heavy atom. The minimum atomic E-state index is -0.195. The van der Waals surface area contributed by atoms with E-state index in [2.05, 4.69) is 39.8 Å². The third-order valence-electron chi connectivity index (χ3n) is 5.82. The maximum atomic E-state index is 13.1. The summed E-state index contributed by atoms with van der Waals surface area (Å²) in [7, 11) is 0. The molecular formula is C26H26N4O. The highest BCUT2D eigenvalue weighted by atomic mass is 16.2. The van der Waals surface area contributed by atoms with Gasteiger partial charge in [0.05, 0.1) is 0 Å². The Bertz CT molecular complexity index is 1130. The molecular weight excluding hydrogens is 384 g/mol. The minimum Gasteiger partial charge on any atom is -0.368 e. The fraction of sp³-hybridized carbons (Fsp3) is 0.231. The summed E-state index contributed by atoms with van der Waals surface area (Å²) in [6, 6.07) is 24.5. The Balaban J connectivity index is 1.52. The molecule has 31 heavy (non-hydrogen) atoms. The number of benzene rings is 2. The molecule has 0 radical (unpaired) electrons. The van der Waals surface area contributed by atoms with Crippen molar-refractivity contribution in [2.24, 2.45) is 0 Å². The van der Waals surface area contributed by atoms with E-state index < -0.39 is 0 Å². The Hall–Kier alpha value is -3.78. The molecule has 2 aromatic carbocycles. The molecule has 0 unspecified atom stereocenters. The zero-order valence-electron chi connectivity index (χ0n) is 18.0. The minimum absolute atomic E-state index is 0.182. The lowest BCUT2D eigenvalue weighted by molar-refractivity contribution is -0.126. The SMILES string of the molecule is Cc1cc(/C=C(\C#N)C(=O)N2CCN(c3ccccc3)CC2)c(C)n1-c1ccccc1. The second kappa shape index (κ2) is 8.93. The number of hydrogen-bond donors (Lipinski definition) is 0. The largest absolute Gasteiger partial charge is 0.368 e. The van der Waals surface area contributed by atoms with Crippen LogP contribution in [0.15, 0.2) is 72.3 Å². The quantitative estimate of drug-likeness (QED) is 0.475. The first kappa shape index (κ1) is 20.5. The standard InChI is InChI=1S/C26H26N4O/c1-20-17-22(21(2)30(20)25-11-7-4-8-12-25)18-23(19-27)26(31)29-15-13-28(14-16-29)24-9-5-3-6-10-24/h3-12,17-18H,13-16H2,1-2H3/b23-18+. The number of piperazine rings is 1. The van der Waals surface area contributed by atoms with Crippen molar-refractivity contribution in [2.75, 3.05) is 31.1 Å². The average Bonchev–Trinajstić information content (AvgIpc) is 3.10. The predicted molar refractivity (Wildman–Crippen MR) is 124 cm³/mol. The van der Waals surface area contributed by atoms with Crippen molar-refractivity contribution in [2.45, 2.75) is 13.8 Å². The van der Waals surface area contributed by atoms with E-state index in [1.165, 1.54) is 5.69 Å². The summed E-state index contributed by atoms with van der Waals surface area (Å²) in [4.78, 5) is 17.1. The molecule has 0 bridgehead atoms. The monoisotopic (exact) mass is 410 g/mol. The number of carbonyl (C=O) groups is 1. The summed E-state index contributed by atoms with van der Waals surface area (Å²) in [5.41, 5.74) is 5.39. The first-order chi connectivity index (χ1) is 15.1. The molecule has 1 aliphatic heterocycles. The van der Waals surface area contributed by atoms with Crippen molar-refractivity contribution in [3.05, 3.63) is 89.3 Å². The molecule has 1 fully saturated rings. The normalized spacial score (nSPS) is 14.4. The number of hydrogen-bond acceptors (Lipinski definition) is 3. The molecule has 5 heteroatoms. The van der Waals surface area contributed by atoms with Gasteiger partial charge in [0, 0.05) is 48.9 Å². The van der Waals surface area contributed by atoms with Crippen molar-refractivity contribution in [3.63, 3.8) is 0 Å². The second-order valence-corrected chi connectivity index (χ2v) is 7.78. The van der Waals surface area contributed by atoms with Gasteiger partial charge in [0.1, 0.15) is 11.6 Å². The third-order valence-corrected chi connectivity index (χ3v) is 5.82. The number of aromatic nitrogens is 1. The van der Waals surface area contributed by atoms with Gasteiger partial charge >= 0.3 is 0 Å². The van der Waals surface area contributed by atoms with Crippen LogP contribution >= 0.6 is 0 Å².